The standard InChI is InChI=1S/C17H22N2O2S/c1-10-2-3-14(22-10)15(20)18-19-16(21)17-7-11-4-12(8-17)6-13(5-11)9-17/h2-3,11-13H,4-9H2,1H3,(H,18,20)(H,19,21). The Morgan fingerprint density at radius 1 is 1.05 bits per heavy atom. The third-order valence-corrected chi connectivity index (χ3v) is 6.77. The van der Waals surface area contributed by atoms with Crippen molar-refractivity contribution in [1.29, 1.82) is 0 Å². The molecule has 0 unspecified atom stereocenters. The van der Waals surface area contributed by atoms with Crippen molar-refractivity contribution in [2.24, 2.45) is 23.2 Å². The highest BCUT2D eigenvalue weighted by atomic mass is 32.1. The average Bonchev–Trinajstić information content (AvgIpc) is 2.89. The van der Waals surface area contributed by atoms with E-state index in [-0.39, 0.29) is 17.2 Å². The van der Waals surface area contributed by atoms with Gasteiger partial charge in [-0.1, -0.05) is 0 Å². The largest absolute Gasteiger partial charge is 0.279 e. The van der Waals surface area contributed by atoms with Gasteiger partial charge in [-0.25, -0.2) is 0 Å². The van der Waals surface area contributed by atoms with Crippen LogP contribution in [0.25, 0.3) is 0 Å². The molecule has 118 valence electrons. The van der Waals surface area contributed by atoms with Crippen molar-refractivity contribution in [1.82, 2.24) is 10.9 Å². The second-order valence-electron chi connectivity index (χ2n) is 7.52. The first-order valence-corrected chi connectivity index (χ1v) is 9.03. The number of hydrazine groups is 1. The fraction of sp³-hybridized carbons (Fsp3) is 0.647. The minimum atomic E-state index is -0.215. The summed E-state index contributed by atoms with van der Waals surface area (Å²) in [6.07, 6.45) is 6.98. The number of carbonyl (C=O) groups is 2. The van der Waals surface area contributed by atoms with E-state index < -0.39 is 0 Å². The van der Waals surface area contributed by atoms with E-state index in [2.05, 4.69) is 10.9 Å². The molecule has 4 saturated carbocycles. The molecule has 5 rings (SSSR count). The van der Waals surface area contributed by atoms with E-state index in [1.165, 1.54) is 30.6 Å². The topological polar surface area (TPSA) is 58.2 Å². The quantitative estimate of drug-likeness (QED) is 0.824. The molecule has 4 nitrogen and oxygen atoms in total. The molecular formula is C17H22N2O2S. The van der Waals surface area contributed by atoms with Crippen molar-refractivity contribution in [3.63, 3.8) is 0 Å². The number of hydrogen-bond acceptors (Lipinski definition) is 3. The molecule has 1 heterocycles. The molecule has 1 aromatic heterocycles. The summed E-state index contributed by atoms with van der Waals surface area (Å²) in [5.74, 6) is 2.01. The zero-order valence-electron chi connectivity index (χ0n) is 12.9. The predicted molar refractivity (Wildman–Crippen MR) is 85.3 cm³/mol. The number of thiophene rings is 1. The summed E-state index contributed by atoms with van der Waals surface area (Å²) in [5, 5.41) is 0. The van der Waals surface area contributed by atoms with Crippen LogP contribution >= 0.6 is 11.3 Å². The summed E-state index contributed by atoms with van der Waals surface area (Å²) in [7, 11) is 0. The number of aryl methyl sites for hydroxylation is 1. The van der Waals surface area contributed by atoms with Crippen LogP contribution < -0.4 is 10.9 Å². The lowest BCUT2D eigenvalue weighted by atomic mass is 9.49. The van der Waals surface area contributed by atoms with Crippen LogP contribution in [0, 0.1) is 30.1 Å². The van der Waals surface area contributed by atoms with E-state index >= 15 is 0 Å². The minimum Gasteiger partial charge on any atom is -0.273 e. The Kier molecular flexibility index (Phi) is 3.29. The van der Waals surface area contributed by atoms with Gasteiger partial charge in [0.25, 0.3) is 5.91 Å². The highest BCUT2D eigenvalue weighted by Gasteiger charge is 2.54. The van der Waals surface area contributed by atoms with Gasteiger partial charge in [0.2, 0.25) is 5.91 Å². The Bertz CT molecular complexity index is 587. The van der Waals surface area contributed by atoms with Gasteiger partial charge in [-0.2, -0.15) is 0 Å². The van der Waals surface area contributed by atoms with Crippen LogP contribution in [0.15, 0.2) is 12.1 Å². The maximum atomic E-state index is 12.7. The van der Waals surface area contributed by atoms with Crippen LogP contribution in [0.1, 0.15) is 53.1 Å². The summed E-state index contributed by atoms with van der Waals surface area (Å²) in [6, 6.07) is 3.71. The molecule has 5 heteroatoms. The van der Waals surface area contributed by atoms with Gasteiger partial charge in [0, 0.05) is 4.88 Å². The van der Waals surface area contributed by atoms with E-state index in [9.17, 15) is 9.59 Å². The molecule has 2 amide bonds. The van der Waals surface area contributed by atoms with Gasteiger partial charge in [-0.05, 0) is 75.3 Å². The molecule has 4 aliphatic carbocycles. The maximum absolute atomic E-state index is 12.7. The van der Waals surface area contributed by atoms with E-state index in [0.29, 0.717) is 4.88 Å². The molecule has 0 atom stereocenters. The zero-order chi connectivity index (χ0) is 15.3. The van der Waals surface area contributed by atoms with Gasteiger partial charge in [0.05, 0.1) is 10.3 Å². The summed E-state index contributed by atoms with van der Waals surface area (Å²) < 4.78 is 0. The van der Waals surface area contributed by atoms with Crippen molar-refractivity contribution in [3.05, 3.63) is 21.9 Å². The van der Waals surface area contributed by atoms with E-state index in [0.717, 1.165) is 41.9 Å². The van der Waals surface area contributed by atoms with Gasteiger partial charge in [0.1, 0.15) is 0 Å². The molecule has 4 bridgehead atoms. The van der Waals surface area contributed by atoms with Crippen LogP contribution in [-0.2, 0) is 4.79 Å². The molecule has 0 radical (unpaired) electrons. The van der Waals surface area contributed by atoms with E-state index in [1.54, 1.807) is 6.07 Å². The normalized spacial score (nSPS) is 35.4. The first kappa shape index (κ1) is 14.2. The lowest BCUT2D eigenvalue weighted by Crippen LogP contribution is -2.56. The van der Waals surface area contributed by atoms with Gasteiger partial charge >= 0.3 is 0 Å². The Morgan fingerprint density at radius 2 is 1.64 bits per heavy atom. The second kappa shape index (κ2) is 5.08. The van der Waals surface area contributed by atoms with Crippen molar-refractivity contribution < 1.29 is 9.59 Å². The second-order valence-corrected chi connectivity index (χ2v) is 8.80. The molecule has 0 aliphatic heterocycles. The van der Waals surface area contributed by atoms with E-state index in [4.69, 9.17) is 0 Å². The molecule has 22 heavy (non-hydrogen) atoms. The monoisotopic (exact) mass is 318 g/mol. The third kappa shape index (κ3) is 2.35. The Balaban J connectivity index is 1.41. The highest BCUT2D eigenvalue weighted by Crippen LogP contribution is 2.59. The third-order valence-electron chi connectivity index (χ3n) is 5.77. The van der Waals surface area contributed by atoms with Crippen LogP contribution in [0.2, 0.25) is 0 Å². The smallest absolute Gasteiger partial charge is 0.273 e. The summed E-state index contributed by atoms with van der Waals surface area (Å²) >= 11 is 1.44. The van der Waals surface area contributed by atoms with Crippen LogP contribution in [0.5, 0.6) is 0 Å². The number of amides is 2. The SMILES string of the molecule is Cc1ccc(C(=O)NNC(=O)C23CC4CC(CC(C4)C2)C3)s1. The fourth-order valence-corrected chi connectivity index (χ4v) is 6.02. The highest BCUT2D eigenvalue weighted by molar-refractivity contribution is 7.13. The molecule has 1 aromatic rings. The molecule has 0 saturated heterocycles. The Labute approximate surface area is 134 Å². The van der Waals surface area contributed by atoms with Crippen LogP contribution in [0.3, 0.4) is 0 Å². The maximum Gasteiger partial charge on any atom is 0.279 e. The van der Waals surface area contributed by atoms with Gasteiger partial charge in [-0.3, -0.25) is 20.4 Å². The van der Waals surface area contributed by atoms with Gasteiger partial charge in [0.15, 0.2) is 0 Å². The summed E-state index contributed by atoms with van der Waals surface area (Å²) in [5.41, 5.74) is 5.11. The fourth-order valence-electron chi connectivity index (χ4n) is 5.25. The molecular weight excluding hydrogens is 296 g/mol. The number of hydrogen-bond donors (Lipinski definition) is 2. The summed E-state index contributed by atoms with van der Waals surface area (Å²) in [4.78, 5) is 26.5. The number of carbonyl (C=O) groups excluding carboxylic acids is 2. The average molecular weight is 318 g/mol. The molecule has 0 aromatic carbocycles. The zero-order valence-corrected chi connectivity index (χ0v) is 13.7. The minimum absolute atomic E-state index is 0.0354. The number of nitrogens with one attached hydrogen (secondary N) is 2. The van der Waals surface area contributed by atoms with Crippen LogP contribution in [0.4, 0.5) is 0 Å². The predicted octanol–water partition coefficient (Wildman–Crippen LogP) is 3.03. The first-order valence-electron chi connectivity index (χ1n) is 8.21. The number of rotatable bonds is 2. The van der Waals surface area contributed by atoms with E-state index in [1.807, 2.05) is 13.0 Å². The molecule has 0 spiro atoms. The van der Waals surface area contributed by atoms with Crippen molar-refractivity contribution in [2.45, 2.75) is 45.4 Å². The molecule has 4 aliphatic rings. The van der Waals surface area contributed by atoms with Crippen molar-refractivity contribution in [2.75, 3.05) is 0 Å². The molecule has 2 N–H and O–H groups in total. The van der Waals surface area contributed by atoms with Crippen molar-refractivity contribution >= 4 is 23.2 Å². The van der Waals surface area contributed by atoms with Gasteiger partial charge in [-0.15, -0.1) is 11.3 Å². The first-order chi connectivity index (χ1) is 10.5. The lowest BCUT2D eigenvalue weighted by molar-refractivity contribution is -0.147. The lowest BCUT2D eigenvalue weighted by Gasteiger charge is -2.55. The molecule has 4 fully saturated rings. The van der Waals surface area contributed by atoms with Crippen molar-refractivity contribution in [3.8, 4) is 0 Å². The summed E-state index contributed by atoms with van der Waals surface area (Å²) in [6.45, 7) is 1.97. The Morgan fingerprint density at radius 3 is 2.14 bits per heavy atom. The Hall–Kier alpha value is -1.36. The van der Waals surface area contributed by atoms with Crippen LogP contribution in [-0.4, -0.2) is 11.8 Å². The van der Waals surface area contributed by atoms with Gasteiger partial charge < -0.3 is 0 Å².